The van der Waals surface area contributed by atoms with Gasteiger partial charge in [0.25, 0.3) is 5.91 Å². The van der Waals surface area contributed by atoms with Crippen molar-refractivity contribution in [1.82, 2.24) is 10.3 Å². The van der Waals surface area contributed by atoms with Crippen molar-refractivity contribution in [3.63, 3.8) is 0 Å². The van der Waals surface area contributed by atoms with Crippen molar-refractivity contribution in [3.8, 4) is 0 Å². The number of hydrogen-bond acceptors (Lipinski definition) is 2. The summed E-state index contributed by atoms with van der Waals surface area (Å²) in [4.78, 5) is 15.6. The van der Waals surface area contributed by atoms with E-state index in [1.54, 1.807) is 0 Å². The fourth-order valence-electron chi connectivity index (χ4n) is 2.58. The molecule has 1 aromatic rings. The molecule has 1 fully saturated rings. The highest BCUT2D eigenvalue weighted by Crippen LogP contribution is 2.36. The van der Waals surface area contributed by atoms with Crippen LogP contribution in [0.1, 0.15) is 42.5 Å². The number of nitrogens with one attached hydrogen (secondary N) is 1. The molecule has 3 nitrogen and oxygen atoms in total. The summed E-state index contributed by atoms with van der Waals surface area (Å²) in [5.41, 5.74) is 0.00873. The molecule has 1 N–H and O–H groups in total. The fourth-order valence-corrected chi connectivity index (χ4v) is 2.94. The molecule has 0 spiro atoms. The lowest BCUT2D eigenvalue weighted by Gasteiger charge is -2.35. The van der Waals surface area contributed by atoms with Gasteiger partial charge in [0, 0.05) is 24.0 Å². The minimum absolute atomic E-state index is 0.0288. The molecule has 1 aromatic heterocycles. The van der Waals surface area contributed by atoms with Gasteiger partial charge in [0.2, 0.25) is 0 Å². The Kier molecular flexibility index (Phi) is 4.75. The van der Waals surface area contributed by atoms with Crippen molar-refractivity contribution in [2.24, 2.45) is 5.41 Å². The lowest BCUT2D eigenvalue weighted by Crippen LogP contribution is -2.40. The van der Waals surface area contributed by atoms with Gasteiger partial charge < -0.3 is 5.32 Å². The van der Waals surface area contributed by atoms with Crippen LogP contribution in [0, 0.1) is 11.2 Å². The van der Waals surface area contributed by atoms with Crippen molar-refractivity contribution in [3.05, 3.63) is 29.8 Å². The van der Waals surface area contributed by atoms with Gasteiger partial charge in [-0.1, -0.05) is 19.3 Å². The summed E-state index contributed by atoms with van der Waals surface area (Å²) in [6.45, 7) is 0.511. The van der Waals surface area contributed by atoms with E-state index in [0.29, 0.717) is 12.4 Å². The first-order valence-corrected chi connectivity index (χ1v) is 7.14. The Balaban J connectivity index is 1.98. The van der Waals surface area contributed by atoms with Gasteiger partial charge in [-0.2, -0.15) is 0 Å². The van der Waals surface area contributed by atoms with Crippen LogP contribution in [0.4, 0.5) is 4.39 Å². The number of carbonyl (C=O) groups is 1. The van der Waals surface area contributed by atoms with E-state index in [0.717, 1.165) is 31.9 Å². The summed E-state index contributed by atoms with van der Waals surface area (Å²) in [6, 6.07) is 1.39. The van der Waals surface area contributed by atoms with E-state index < -0.39 is 11.7 Å². The summed E-state index contributed by atoms with van der Waals surface area (Å²) in [5.74, 6) is -0.454. The number of aromatic nitrogens is 1. The molecule has 0 saturated heterocycles. The molecule has 0 aliphatic heterocycles. The van der Waals surface area contributed by atoms with Crippen molar-refractivity contribution < 1.29 is 9.18 Å². The zero-order valence-corrected chi connectivity index (χ0v) is 11.5. The Morgan fingerprint density at radius 3 is 2.79 bits per heavy atom. The Labute approximate surface area is 117 Å². The average molecular weight is 285 g/mol. The number of rotatable bonds is 4. The lowest BCUT2D eigenvalue weighted by atomic mass is 9.75. The van der Waals surface area contributed by atoms with Gasteiger partial charge in [-0.15, -0.1) is 11.6 Å². The first kappa shape index (κ1) is 14.3. The molecule has 1 aliphatic carbocycles. The molecule has 0 aromatic carbocycles. The monoisotopic (exact) mass is 284 g/mol. The molecule has 2 rings (SSSR count). The Morgan fingerprint density at radius 1 is 1.42 bits per heavy atom. The third kappa shape index (κ3) is 3.44. The number of pyridine rings is 1. The summed E-state index contributed by atoms with van der Waals surface area (Å²) in [7, 11) is 0. The van der Waals surface area contributed by atoms with Crippen LogP contribution < -0.4 is 5.32 Å². The number of amides is 1. The molecule has 0 radical (unpaired) electrons. The second-order valence-corrected chi connectivity index (χ2v) is 5.50. The van der Waals surface area contributed by atoms with Crippen LogP contribution in [0.3, 0.4) is 0 Å². The Hall–Kier alpha value is -1.16. The topological polar surface area (TPSA) is 42.0 Å². The molecular formula is C14H18ClFN2O. The first-order chi connectivity index (χ1) is 9.17. The van der Waals surface area contributed by atoms with Crippen molar-refractivity contribution in [1.29, 1.82) is 0 Å². The number of hydrogen-bond donors (Lipinski definition) is 1. The molecule has 104 valence electrons. The molecule has 0 bridgehead atoms. The molecule has 1 amide bonds. The zero-order chi connectivity index (χ0) is 13.7. The quantitative estimate of drug-likeness (QED) is 0.863. The second-order valence-electron chi connectivity index (χ2n) is 5.23. The highest BCUT2D eigenvalue weighted by molar-refractivity contribution is 6.18. The summed E-state index contributed by atoms with van der Waals surface area (Å²) in [5, 5.41) is 2.81. The van der Waals surface area contributed by atoms with Crippen molar-refractivity contribution in [2.45, 2.75) is 32.1 Å². The summed E-state index contributed by atoms with van der Waals surface area (Å²) in [6.07, 6.45) is 8.03. The Bertz CT molecular complexity index is 447. The Morgan fingerprint density at radius 2 is 2.16 bits per heavy atom. The van der Waals surface area contributed by atoms with Crippen LogP contribution in [-0.2, 0) is 0 Å². The zero-order valence-electron chi connectivity index (χ0n) is 10.8. The smallest absolute Gasteiger partial charge is 0.254 e. The first-order valence-electron chi connectivity index (χ1n) is 6.61. The van der Waals surface area contributed by atoms with Gasteiger partial charge in [-0.05, 0) is 18.9 Å². The van der Waals surface area contributed by atoms with Crippen LogP contribution in [-0.4, -0.2) is 23.3 Å². The maximum Gasteiger partial charge on any atom is 0.254 e. The van der Waals surface area contributed by atoms with Gasteiger partial charge in [0.05, 0.1) is 11.8 Å². The average Bonchev–Trinajstić information content (AvgIpc) is 2.46. The van der Waals surface area contributed by atoms with Crippen LogP contribution in [0.15, 0.2) is 18.5 Å². The molecular weight excluding hydrogens is 267 g/mol. The SMILES string of the molecule is O=C(NCC1(CCl)CCCCC1)c1ccncc1F. The minimum Gasteiger partial charge on any atom is -0.351 e. The van der Waals surface area contributed by atoms with E-state index in [-0.39, 0.29) is 11.0 Å². The highest BCUT2D eigenvalue weighted by atomic mass is 35.5. The maximum atomic E-state index is 13.4. The maximum absolute atomic E-state index is 13.4. The standard InChI is InChI=1S/C14H18ClFN2O/c15-9-14(5-2-1-3-6-14)10-18-13(19)11-4-7-17-8-12(11)16/h4,7-8H,1-3,5-6,9-10H2,(H,18,19). The third-order valence-electron chi connectivity index (χ3n) is 3.84. The predicted octanol–water partition coefficient (Wildman–Crippen LogP) is 3.14. The molecule has 0 atom stereocenters. The summed E-state index contributed by atoms with van der Waals surface area (Å²) < 4.78 is 13.4. The lowest BCUT2D eigenvalue weighted by molar-refractivity contribution is 0.0916. The highest BCUT2D eigenvalue weighted by Gasteiger charge is 2.31. The fraction of sp³-hybridized carbons (Fsp3) is 0.571. The predicted molar refractivity (Wildman–Crippen MR) is 72.8 cm³/mol. The molecule has 0 unspecified atom stereocenters. The largest absolute Gasteiger partial charge is 0.351 e. The molecule has 1 heterocycles. The van der Waals surface area contributed by atoms with Gasteiger partial charge in [-0.3, -0.25) is 9.78 Å². The van der Waals surface area contributed by atoms with Crippen LogP contribution in [0.25, 0.3) is 0 Å². The molecule has 5 heteroatoms. The van der Waals surface area contributed by atoms with E-state index in [9.17, 15) is 9.18 Å². The minimum atomic E-state index is -0.594. The number of halogens is 2. The van der Waals surface area contributed by atoms with Crippen LogP contribution in [0.2, 0.25) is 0 Å². The second kappa shape index (κ2) is 6.33. The number of alkyl halides is 1. The van der Waals surface area contributed by atoms with Gasteiger partial charge in [-0.25, -0.2) is 4.39 Å². The molecule has 1 saturated carbocycles. The number of carbonyl (C=O) groups excluding carboxylic acids is 1. The van der Waals surface area contributed by atoms with Crippen molar-refractivity contribution in [2.75, 3.05) is 12.4 Å². The van der Waals surface area contributed by atoms with E-state index in [1.807, 2.05) is 0 Å². The van der Waals surface area contributed by atoms with E-state index in [1.165, 1.54) is 18.7 Å². The normalized spacial score (nSPS) is 18.0. The summed E-state index contributed by atoms with van der Waals surface area (Å²) >= 11 is 6.06. The van der Waals surface area contributed by atoms with Gasteiger partial charge in [0.1, 0.15) is 0 Å². The molecule has 19 heavy (non-hydrogen) atoms. The number of nitrogens with zero attached hydrogens (tertiary/aromatic N) is 1. The van der Waals surface area contributed by atoms with E-state index in [4.69, 9.17) is 11.6 Å². The molecule has 1 aliphatic rings. The van der Waals surface area contributed by atoms with Crippen molar-refractivity contribution >= 4 is 17.5 Å². The van der Waals surface area contributed by atoms with E-state index in [2.05, 4.69) is 10.3 Å². The van der Waals surface area contributed by atoms with Crippen LogP contribution >= 0.6 is 11.6 Å². The van der Waals surface area contributed by atoms with Crippen LogP contribution in [0.5, 0.6) is 0 Å². The third-order valence-corrected chi connectivity index (χ3v) is 4.41. The van der Waals surface area contributed by atoms with Gasteiger partial charge >= 0.3 is 0 Å². The van der Waals surface area contributed by atoms with Gasteiger partial charge in [0.15, 0.2) is 5.82 Å². The van der Waals surface area contributed by atoms with E-state index >= 15 is 0 Å².